The van der Waals surface area contributed by atoms with Gasteiger partial charge in [-0.15, -0.1) is 11.3 Å². The van der Waals surface area contributed by atoms with Crippen LogP contribution in [0.25, 0.3) is 0 Å². The number of nitrogens with one attached hydrogen (secondary N) is 1. The molecule has 3 aromatic rings. The van der Waals surface area contributed by atoms with Crippen LogP contribution in [0.15, 0.2) is 60.0 Å². The Labute approximate surface area is 167 Å². The summed E-state index contributed by atoms with van der Waals surface area (Å²) in [4.78, 5) is 28.2. The molecular weight excluding hydrogens is 376 g/mol. The van der Waals surface area contributed by atoms with Crippen molar-refractivity contribution in [3.05, 3.63) is 81.8 Å². The Morgan fingerprint density at radius 3 is 2.50 bits per heavy atom. The Bertz CT molecular complexity index is 923. The zero-order valence-corrected chi connectivity index (χ0v) is 16.2. The van der Waals surface area contributed by atoms with Crippen LogP contribution in [0.5, 0.6) is 5.75 Å². The van der Waals surface area contributed by atoms with Gasteiger partial charge in [-0.3, -0.25) is 4.79 Å². The number of carbonyl (C=O) groups is 2. The van der Waals surface area contributed by atoms with Crippen LogP contribution < -0.4 is 10.1 Å². The lowest BCUT2D eigenvalue weighted by Crippen LogP contribution is -2.28. The minimum Gasteiger partial charge on any atom is -0.487 e. The van der Waals surface area contributed by atoms with E-state index in [-0.39, 0.29) is 12.5 Å². The van der Waals surface area contributed by atoms with Gasteiger partial charge in [0.15, 0.2) is 6.61 Å². The number of aromatic nitrogens is 1. The molecule has 7 heteroatoms. The van der Waals surface area contributed by atoms with Crippen molar-refractivity contribution in [3.8, 4) is 5.75 Å². The number of carbonyl (C=O) groups excluding carboxylic acids is 2. The molecule has 0 fully saturated rings. The first-order valence-electron chi connectivity index (χ1n) is 8.72. The number of esters is 1. The maximum Gasteiger partial charge on any atom is 0.338 e. The Balaban J connectivity index is 1.41. The van der Waals surface area contributed by atoms with Gasteiger partial charge in [-0.1, -0.05) is 30.3 Å². The number of ether oxygens (including phenoxy) is 2. The van der Waals surface area contributed by atoms with Crippen molar-refractivity contribution in [3.63, 3.8) is 0 Å². The van der Waals surface area contributed by atoms with E-state index in [1.807, 2.05) is 42.6 Å². The fraction of sp³-hybridized carbons (Fsp3) is 0.190. The van der Waals surface area contributed by atoms with Gasteiger partial charge < -0.3 is 14.8 Å². The minimum absolute atomic E-state index is 0.326. The van der Waals surface area contributed by atoms with Gasteiger partial charge in [0.05, 0.1) is 16.3 Å². The predicted molar refractivity (Wildman–Crippen MR) is 106 cm³/mol. The fourth-order valence-electron chi connectivity index (χ4n) is 2.38. The summed E-state index contributed by atoms with van der Waals surface area (Å²) in [6, 6.07) is 16.1. The normalized spacial score (nSPS) is 10.3. The summed E-state index contributed by atoms with van der Waals surface area (Å²) in [5.41, 5.74) is 2.20. The van der Waals surface area contributed by atoms with E-state index in [0.29, 0.717) is 24.5 Å². The van der Waals surface area contributed by atoms with Gasteiger partial charge in [0.25, 0.3) is 5.91 Å². The van der Waals surface area contributed by atoms with Crippen LogP contribution in [-0.2, 0) is 22.7 Å². The molecule has 1 amide bonds. The number of amides is 1. The molecule has 0 saturated carbocycles. The number of hydrogen-bond donors (Lipinski definition) is 1. The van der Waals surface area contributed by atoms with Crippen LogP contribution in [0.1, 0.15) is 26.6 Å². The van der Waals surface area contributed by atoms with E-state index in [4.69, 9.17) is 9.47 Å². The number of benzene rings is 2. The van der Waals surface area contributed by atoms with Crippen LogP contribution in [0, 0.1) is 6.92 Å². The second kappa shape index (κ2) is 9.66. The molecule has 0 spiro atoms. The molecule has 0 aliphatic rings. The maximum atomic E-state index is 12.1. The molecule has 0 bridgehead atoms. The summed E-state index contributed by atoms with van der Waals surface area (Å²) in [6.45, 7) is 2.38. The van der Waals surface area contributed by atoms with E-state index >= 15 is 0 Å². The first-order chi connectivity index (χ1) is 13.6. The number of rotatable bonds is 8. The largest absolute Gasteiger partial charge is 0.487 e. The van der Waals surface area contributed by atoms with Gasteiger partial charge >= 0.3 is 5.97 Å². The van der Waals surface area contributed by atoms with Crippen LogP contribution in [0.3, 0.4) is 0 Å². The van der Waals surface area contributed by atoms with Gasteiger partial charge in [-0.25, -0.2) is 9.78 Å². The Kier molecular flexibility index (Phi) is 6.75. The van der Waals surface area contributed by atoms with Gasteiger partial charge in [-0.05, 0) is 36.8 Å². The molecular formula is C21H20N2O4S. The predicted octanol–water partition coefficient (Wildman–Crippen LogP) is 3.50. The first kappa shape index (κ1) is 19.6. The molecule has 1 N–H and O–H groups in total. The van der Waals surface area contributed by atoms with Gasteiger partial charge in [0.2, 0.25) is 0 Å². The Hall–Kier alpha value is -3.19. The standard InChI is InChI=1S/C21H20N2O4S/c1-15-23-18(14-28-15)12-26-19-9-7-17(8-10-19)21(25)27-13-20(24)22-11-16-5-3-2-4-6-16/h2-10,14H,11-13H2,1H3,(H,22,24). The van der Waals surface area contributed by atoms with Crippen molar-refractivity contribution in [2.24, 2.45) is 0 Å². The summed E-state index contributed by atoms with van der Waals surface area (Å²) < 4.78 is 10.7. The lowest BCUT2D eigenvalue weighted by Gasteiger charge is -2.08. The summed E-state index contributed by atoms with van der Waals surface area (Å²) in [5.74, 6) is -0.282. The second-order valence-electron chi connectivity index (χ2n) is 6.01. The highest BCUT2D eigenvalue weighted by Crippen LogP contribution is 2.16. The van der Waals surface area contributed by atoms with Crippen molar-refractivity contribution in [1.82, 2.24) is 10.3 Å². The smallest absolute Gasteiger partial charge is 0.338 e. The third-order valence-corrected chi connectivity index (χ3v) is 4.63. The zero-order valence-electron chi connectivity index (χ0n) is 15.4. The number of hydrogen-bond acceptors (Lipinski definition) is 6. The van der Waals surface area contributed by atoms with E-state index < -0.39 is 5.97 Å². The van der Waals surface area contributed by atoms with Gasteiger partial charge in [0, 0.05) is 11.9 Å². The third-order valence-electron chi connectivity index (χ3n) is 3.81. The number of nitrogens with zero attached hydrogens (tertiary/aromatic N) is 1. The molecule has 3 rings (SSSR count). The Morgan fingerprint density at radius 1 is 1.07 bits per heavy atom. The fourth-order valence-corrected chi connectivity index (χ4v) is 2.98. The molecule has 0 atom stereocenters. The molecule has 6 nitrogen and oxygen atoms in total. The average Bonchev–Trinajstić information content (AvgIpc) is 3.15. The SMILES string of the molecule is Cc1nc(COc2ccc(C(=O)OCC(=O)NCc3ccccc3)cc2)cs1. The second-order valence-corrected chi connectivity index (χ2v) is 7.07. The molecule has 144 valence electrons. The van der Waals surface area contributed by atoms with Crippen molar-refractivity contribution in [2.75, 3.05) is 6.61 Å². The lowest BCUT2D eigenvalue weighted by molar-refractivity contribution is -0.124. The summed E-state index contributed by atoms with van der Waals surface area (Å²) in [7, 11) is 0. The maximum absolute atomic E-state index is 12.1. The zero-order chi connectivity index (χ0) is 19.8. The van der Waals surface area contributed by atoms with Crippen LogP contribution in [0.4, 0.5) is 0 Å². The van der Waals surface area contributed by atoms with E-state index in [1.54, 1.807) is 35.6 Å². The molecule has 0 saturated heterocycles. The molecule has 0 unspecified atom stereocenters. The Morgan fingerprint density at radius 2 is 1.82 bits per heavy atom. The highest BCUT2D eigenvalue weighted by molar-refractivity contribution is 7.09. The third kappa shape index (κ3) is 5.92. The summed E-state index contributed by atoms with van der Waals surface area (Å²) in [5, 5.41) is 5.65. The summed E-state index contributed by atoms with van der Waals surface area (Å²) in [6.07, 6.45) is 0. The van der Waals surface area contributed by atoms with Crippen molar-refractivity contribution < 1.29 is 19.1 Å². The van der Waals surface area contributed by atoms with E-state index in [9.17, 15) is 9.59 Å². The summed E-state index contributed by atoms with van der Waals surface area (Å²) >= 11 is 1.57. The first-order valence-corrected chi connectivity index (χ1v) is 9.60. The van der Waals surface area contributed by atoms with Gasteiger partial charge in [0.1, 0.15) is 12.4 Å². The average molecular weight is 396 g/mol. The highest BCUT2D eigenvalue weighted by Gasteiger charge is 2.10. The molecule has 2 aromatic carbocycles. The number of thiazole rings is 1. The molecule has 1 aromatic heterocycles. The topological polar surface area (TPSA) is 77.5 Å². The molecule has 0 aliphatic carbocycles. The van der Waals surface area contributed by atoms with E-state index in [0.717, 1.165) is 16.3 Å². The van der Waals surface area contributed by atoms with Crippen LogP contribution in [0.2, 0.25) is 0 Å². The van der Waals surface area contributed by atoms with Crippen molar-refractivity contribution in [2.45, 2.75) is 20.1 Å². The molecule has 0 aliphatic heterocycles. The quantitative estimate of drug-likeness (QED) is 0.590. The monoisotopic (exact) mass is 396 g/mol. The number of aryl methyl sites for hydroxylation is 1. The van der Waals surface area contributed by atoms with E-state index in [1.165, 1.54) is 0 Å². The van der Waals surface area contributed by atoms with E-state index in [2.05, 4.69) is 10.3 Å². The highest BCUT2D eigenvalue weighted by atomic mass is 32.1. The molecule has 28 heavy (non-hydrogen) atoms. The molecule has 1 heterocycles. The van der Waals surface area contributed by atoms with Crippen LogP contribution >= 0.6 is 11.3 Å². The minimum atomic E-state index is -0.559. The lowest BCUT2D eigenvalue weighted by atomic mass is 10.2. The van der Waals surface area contributed by atoms with Crippen molar-refractivity contribution in [1.29, 1.82) is 0 Å². The van der Waals surface area contributed by atoms with Crippen molar-refractivity contribution >= 4 is 23.2 Å². The molecule has 0 radical (unpaired) electrons. The van der Waals surface area contributed by atoms with Crippen LogP contribution in [-0.4, -0.2) is 23.5 Å². The van der Waals surface area contributed by atoms with Gasteiger partial charge in [-0.2, -0.15) is 0 Å².